The summed E-state index contributed by atoms with van der Waals surface area (Å²) in [6.45, 7) is 3.93. The highest BCUT2D eigenvalue weighted by Gasteiger charge is 2.16. The van der Waals surface area contributed by atoms with Gasteiger partial charge in [-0.15, -0.1) is 0 Å². The molecule has 134 valence electrons. The number of nitrogens with one attached hydrogen (secondary N) is 1. The molecular formula is C19H21N5OS. The van der Waals surface area contributed by atoms with Gasteiger partial charge in [0.1, 0.15) is 16.4 Å². The third-order valence-corrected chi connectivity index (χ3v) is 5.30. The number of hydrogen-bond acceptors (Lipinski definition) is 5. The molecule has 6 nitrogen and oxygen atoms in total. The second kappa shape index (κ2) is 6.99. The maximum absolute atomic E-state index is 12.7. The van der Waals surface area contributed by atoms with E-state index in [1.807, 2.05) is 12.1 Å². The van der Waals surface area contributed by atoms with Crippen LogP contribution < -0.4 is 10.5 Å². The minimum atomic E-state index is -0.229. The molecule has 0 bridgehead atoms. The van der Waals surface area contributed by atoms with Crippen LogP contribution in [0.4, 0.5) is 5.95 Å². The molecule has 1 aliphatic heterocycles. The monoisotopic (exact) mass is 367 g/mol. The molecule has 0 atom stereocenters. The molecule has 0 amide bonds. The number of anilines is 1. The van der Waals surface area contributed by atoms with Gasteiger partial charge in [0.05, 0.1) is 0 Å². The highest BCUT2D eigenvalue weighted by molar-refractivity contribution is 7.71. The number of hydrogen-bond donors (Lipinski definition) is 1. The third-order valence-electron chi connectivity index (χ3n) is 4.89. The average molecular weight is 367 g/mol. The second-order valence-electron chi connectivity index (χ2n) is 6.58. The minimum absolute atomic E-state index is 0.229. The highest BCUT2D eigenvalue weighted by atomic mass is 32.1. The van der Waals surface area contributed by atoms with Crippen LogP contribution in [0.1, 0.15) is 31.7 Å². The van der Waals surface area contributed by atoms with E-state index in [0.29, 0.717) is 21.6 Å². The van der Waals surface area contributed by atoms with Crippen molar-refractivity contribution < 1.29 is 0 Å². The van der Waals surface area contributed by atoms with Gasteiger partial charge in [0.25, 0.3) is 5.56 Å². The molecule has 1 fully saturated rings. The predicted octanol–water partition coefficient (Wildman–Crippen LogP) is 3.39. The molecular weight excluding hydrogens is 346 g/mol. The second-order valence-corrected chi connectivity index (χ2v) is 6.96. The van der Waals surface area contributed by atoms with Crippen molar-refractivity contribution in [2.45, 2.75) is 32.6 Å². The Morgan fingerprint density at radius 2 is 1.88 bits per heavy atom. The highest BCUT2D eigenvalue weighted by Crippen LogP contribution is 2.18. The number of benzene rings is 1. The summed E-state index contributed by atoms with van der Waals surface area (Å²) in [6, 6.07) is 8.10. The number of aromatic nitrogens is 4. The van der Waals surface area contributed by atoms with Crippen LogP contribution in [0.25, 0.3) is 16.7 Å². The molecule has 1 N–H and O–H groups in total. The Kier molecular flexibility index (Phi) is 4.55. The molecule has 4 rings (SSSR count). The molecule has 7 heteroatoms. The lowest BCUT2D eigenvalue weighted by Gasteiger charge is -2.26. The number of aromatic amines is 1. The van der Waals surface area contributed by atoms with Crippen molar-refractivity contribution in [3.63, 3.8) is 0 Å². The van der Waals surface area contributed by atoms with E-state index in [2.05, 4.69) is 38.9 Å². The van der Waals surface area contributed by atoms with Gasteiger partial charge in [-0.2, -0.15) is 4.98 Å². The zero-order chi connectivity index (χ0) is 18.1. The summed E-state index contributed by atoms with van der Waals surface area (Å²) in [5, 5.41) is 0.364. The number of piperidine rings is 1. The normalized spacial score (nSPS) is 14.7. The van der Waals surface area contributed by atoms with Crippen molar-refractivity contribution in [2.24, 2.45) is 0 Å². The lowest BCUT2D eigenvalue weighted by molar-refractivity contribution is 0.568. The molecule has 0 saturated carbocycles. The first kappa shape index (κ1) is 16.9. The van der Waals surface area contributed by atoms with Gasteiger partial charge in [0, 0.05) is 18.8 Å². The Morgan fingerprint density at radius 1 is 1.15 bits per heavy atom. The molecule has 1 saturated heterocycles. The largest absolute Gasteiger partial charge is 0.342 e. The van der Waals surface area contributed by atoms with Gasteiger partial charge in [-0.25, -0.2) is 4.98 Å². The first-order chi connectivity index (χ1) is 12.7. The first-order valence-electron chi connectivity index (χ1n) is 9.03. The molecule has 26 heavy (non-hydrogen) atoms. The van der Waals surface area contributed by atoms with Crippen LogP contribution in [-0.4, -0.2) is 32.6 Å². The van der Waals surface area contributed by atoms with E-state index in [1.165, 1.54) is 12.0 Å². The van der Waals surface area contributed by atoms with Crippen LogP contribution in [0, 0.1) is 4.64 Å². The topological polar surface area (TPSA) is 66.8 Å². The number of aryl methyl sites for hydroxylation is 1. The summed E-state index contributed by atoms with van der Waals surface area (Å²) < 4.78 is 2.19. The fraction of sp³-hybridized carbons (Fsp3) is 0.368. The Morgan fingerprint density at radius 3 is 2.58 bits per heavy atom. The van der Waals surface area contributed by atoms with E-state index < -0.39 is 0 Å². The van der Waals surface area contributed by atoms with Crippen molar-refractivity contribution in [1.29, 1.82) is 0 Å². The Labute approximate surface area is 156 Å². The molecule has 3 heterocycles. The van der Waals surface area contributed by atoms with Gasteiger partial charge < -0.3 is 4.90 Å². The molecule has 1 aromatic carbocycles. The lowest BCUT2D eigenvalue weighted by atomic mass is 10.1. The number of H-pyrrole nitrogens is 1. The summed E-state index contributed by atoms with van der Waals surface area (Å²) >= 11 is 5.57. The van der Waals surface area contributed by atoms with Crippen molar-refractivity contribution in [1.82, 2.24) is 19.5 Å². The smallest absolute Gasteiger partial charge is 0.264 e. The fourth-order valence-electron chi connectivity index (χ4n) is 3.35. The number of nitrogens with zero attached hydrogens (tertiary/aromatic N) is 4. The van der Waals surface area contributed by atoms with Crippen LogP contribution in [0.3, 0.4) is 0 Å². The summed E-state index contributed by atoms with van der Waals surface area (Å²) in [4.78, 5) is 26.7. The van der Waals surface area contributed by atoms with Crippen LogP contribution >= 0.6 is 12.2 Å². The van der Waals surface area contributed by atoms with E-state index in [-0.39, 0.29) is 5.56 Å². The van der Waals surface area contributed by atoms with Crippen molar-refractivity contribution in [3.8, 4) is 5.69 Å². The Bertz CT molecular complexity index is 1050. The van der Waals surface area contributed by atoms with Crippen LogP contribution in [0.15, 0.2) is 35.4 Å². The zero-order valence-corrected chi connectivity index (χ0v) is 15.6. The molecule has 0 aliphatic carbocycles. The van der Waals surface area contributed by atoms with Crippen molar-refractivity contribution in [2.75, 3.05) is 18.0 Å². The summed E-state index contributed by atoms with van der Waals surface area (Å²) in [5.41, 5.74) is 2.31. The quantitative estimate of drug-likeness (QED) is 0.719. The van der Waals surface area contributed by atoms with Gasteiger partial charge in [-0.1, -0.05) is 31.3 Å². The van der Waals surface area contributed by atoms with E-state index in [0.717, 1.165) is 38.0 Å². The molecule has 0 radical (unpaired) electrons. The first-order valence-corrected chi connectivity index (χ1v) is 9.44. The zero-order valence-electron chi connectivity index (χ0n) is 14.7. The van der Waals surface area contributed by atoms with Gasteiger partial charge >= 0.3 is 0 Å². The average Bonchev–Trinajstić information content (AvgIpc) is 2.69. The number of rotatable bonds is 3. The lowest BCUT2D eigenvalue weighted by Crippen LogP contribution is -2.32. The maximum Gasteiger partial charge on any atom is 0.264 e. The summed E-state index contributed by atoms with van der Waals surface area (Å²) in [5.74, 6) is 0.592. The summed E-state index contributed by atoms with van der Waals surface area (Å²) in [6.07, 6.45) is 6.08. The summed E-state index contributed by atoms with van der Waals surface area (Å²) in [7, 11) is 0. The van der Waals surface area contributed by atoms with E-state index in [1.54, 1.807) is 10.9 Å². The Hall–Kier alpha value is -2.54. The molecule has 2 aromatic heterocycles. The Balaban J connectivity index is 1.81. The van der Waals surface area contributed by atoms with Crippen LogP contribution in [-0.2, 0) is 6.42 Å². The van der Waals surface area contributed by atoms with Crippen LogP contribution in [0.5, 0.6) is 0 Å². The SMILES string of the molecule is CCc1ccc(-n2cnc3nc(N4CCCCC4)[nH]c(=O)c3c2=S)cc1. The molecule has 0 spiro atoms. The minimum Gasteiger partial charge on any atom is -0.342 e. The van der Waals surface area contributed by atoms with Crippen LogP contribution in [0.2, 0.25) is 0 Å². The van der Waals surface area contributed by atoms with Gasteiger partial charge in [-0.05, 0) is 43.4 Å². The predicted molar refractivity (Wildman–Crippen MR) is 106 cm³/mol. The van der Waals surface area contributed by atoms with Gasteiger partial charge in [0.15, 0.2) is 5.65 Å². The van der Waals surface area contributed by atoms with Gasteiger partial charge in [-0.3, -0.25) is 14.3 Å². The van der Waals surface area contributed by atoms with Crippen molar-refractivity contribution >= 4 is 29.2 Å². The number of fused-ring (bicyclic) bond motifs is 1. The van der Waals surface area contributed by atoms with E-state index in [9.17, 15) is 4.79 Å². The maximum atomic E-state index is 12.7. The third kappa shape index (κ3) is 3.03. The molecule has 3 aromatic rings. The standard InChI is InChI=1S/C19H21N5OS/c1-2-13-6-8-14(9-7-13)24-12-20-16-15(18(24)26)17(25)22-19(21-16)23-10-4-3-5-11-23/h6-9,12H,2-5,10-11H2,1H3,(H,21,22,25). The van der Waals surface area contributed by atoms with E-state index >= 15 is 0 Å². The molecule has 1 aliphatic rings. The van der Waals surface area contributed by atoms with E-state index in [4.69, 9.17) is 12.2 Å². The fourth-order valence-corrected chi connectivity index (χ4v) is 3.69. The van der Waals surface area contributed by atoms with Crippen molar-refractivity contribution in [3.05, 3.63) is 51.2 Å². The van der Waals surface area contributed by atoms with Gasteiger partial charge in [0.2, 0.25) is 5.95 Å². The molecule has 0 unspecified atom stereocenters.